The lowest BCUT2D eigenvalue weighted by Gasteiger charge is -2.19. The third-order valence-electron chi connectivity index (χ3n) is 6.31. The molecule has 1 amide bonds. The molecular weight excluding hydrogens is 588 g/mol. The number of alkyl halides is 1. The van der Waals surface area contributed by atoms with Crippen molar-refractivity contribution in [1.82, 2.24) is 19.2 Å². The summed E-state index contributed by atoms with van der Waals surface area (Å²) in [6, 6.07) is 6.82. The number of aromatic nitrogens is 2. The number of thiophene rings is 1. The Bertz CT molecular complexity index is 1500. The zero-order chi connectivity index (χ0) is 28.9. The maximum atomic E-state index is 15.2. The van der Waals surface area contributed by atoms with E-state index in [1.54, 1.807) is 35.2 Å². The van der Waals surface area contributed by atoms with E-state index in [2.05, 4.69) is 9.71 Å². The number of carbonyl (C=O) groups is 2. The number of benzene rings is 1. The molecule has 0 bridgehead atoms. The van der Waals surface area contributed by atoms with Gasteiger partial charge in [-0.25, -0.2) is 22.2 Å². The molecule has 2 N–H and O–H groups in total. The van der Waals surface area contributed by atoms with E-state index in [1.807, 2.05) is 4.90 Å². The Balaban J connectivity index is 0.00000118. The van der Waals surface area contributed by atoms with Crippen LogP contribution in [0.25, 0.3) is 11.8 Å². The molecule has 2 aliphatic rings. The summed E-state index contributed by atoms with van der Waals surface area (Å²) in [5, 5.41) is 7.87. The highest BCUT2D eigenvalue weighted by molar-refractivity contribution is 7.92. The Labute approximate surface area is 238 Å². The standard InChI is InChI=1S/C24H24ClF2N5O3S2.CH2O2/c25-22-4-2-18(36-22)7-12-37(34,35)29-20-6-10-32(24(20)33)21-3-1-17(13-19(21)27)31-11-8-28-23(31)15-30-9-5-16(26)14-30;2-1-3/h1-4,7-8,11-13,16,20,29H,5-6,9-10,14-15H2;1H,(H,2,3)/b12-7+;. The van der Waals surface area contributed by atoms with Gasteiger partial charge >= 0.3 is 0 Å². The number of anilines is 1. The minimum absolute atomic E-state index is 0.0701. The molecule has 214 valence electrons. The summed E-state index contributed by atoms with van der Waals surface area (Å²) in [6.45, 7) is 1.35. The van der Waals surface area contributed by atoms with Gasteiger partial charge in [0, 0.05) is 54.1 Å². The summed E-state index contributed by atoms with van der Waals surface area (Å²) < 4.78 is 58.3. The second-order valence-electron chi connectivity index (χ2n) is 9.01. The molecule has 0 spiro atoms. The fourth-order valence-electron chi connectivity index (χ4n) is 4.52. The van der Waals surface area contributed by atoms with E-state index in [9.17, 15) is 17.6 Å². The van der Waals surface area contributed by atoms with Crippen molar-refractivity contribution >= 4 is 57.1 Å². The number of rotatable bonds is 8. The number of nitrogens with zero attached hydrogens (tertiary/aromatic N) is 4. The maximum Gasteiger partial charge on any atom is 0.290 e. The lowest BCUT2D eigenvalue weighted by Crippen LogP contribution is -2.40. The van der Waals surface area contributed by atoms with Crippen molar-refractivity contribution in [2.45, 2.75) is 31.6 Å². The summed E-state index contributed by atoms with van der Waals surface area (Å²) in [6.07, 6.45) is 4.56. The Hall–Kier alpha value is -3.17. The molecule has 4 heterocycles. The fraction of sp³-hybridized carbons (Fsp3) is 0.320. The zero-order valence-electron chi connectivity index (χ0n) is 21.0. The van der Waals surface area contributed by atoms with Crippen LogP contribution in [0.1, 0.15) is 23.5 Å². The molecule has 3 aromatic rings. The van der Waals surface area contributed by atoms with Crippen molar-refractivity contribution in [3.05, 3.63) is 69.0 Å². The van der Waals surface area contributed by atoms with Crippen LogP contribution in [0.3, 0.4) is 0 Å². The predicted octanol–water partition coefficient (Wildman–Crippen LogP) is 3.67. The van der Waals surface area contributed by atoms with E-state index < -0.39 is 34.0 Å². The van der Waals surface area contributed by atoms with Crippen molar-refractivity contribution in [3.8, 4) is 5.69 Å². The summed E-state index contributed by atoms with van der Waals surface area (Å²) in [7, 11) is -3.90. The first-order valence-corrected chi connectivity index (χ1v) is 14.9. The molecule has 0 saturated carbocycles. The minimum atomic E-state index is -3.90. The van der Waals surface area contributed by atoms with Gasteiger partial charge in [0.1, 0.15) is 23.9 Å². The topological polar surface area (TPSA) is 125 Å². The maximum absolute atomic E-state index is 15.2. The minimum Gasteiger partial charge on any atom is -0.483 e. The highest BCUT2D eigenvalue weighted by Crippen LogP contribution is 2.28. The van der Waals surface area contributed by atoms with Crippen molar-refractivity contribution in [2.75, 3.05) is 24.5 Å². The van der Waals surface area contributed by atoms with Crippen LogP contribution in [-0.2, 0) is 26.2 Å². The number of imidazole rings is 1. The van der Waals surface area contributed by atoms with Crippen LogP contribution in [0.5, 0.6) is 0 Å². The number of amides is 1. The summed E-state index contributed by atoms with van der Waals surface area (Å²) in [5.41, 5.74) is 0.591. The van der Waals surface area contributed by atoms with Crippen LogP contribution in [0, 0.1) is 5.82 Å². The summed E-state index contributed by atoms with van der Waals surface area (Å²) >= 11 is 7.09. The van der Waals surface area contributed by atoms with Crippen molar-refractivity contribution in [1.29, 1.82) is 0 Å². The van der Waals surface area contributed by atoms with Crippen molar-refractivity contribution < 1.29 is 31.9 Å². The molecule has 0 aliphatic carbocycles. The number of carboxylic acid groups (broad SMARTS) is 1. The van der Waals surface area contributed by atoms with E-state index in [4.69, 9.17) is 21.5 Å². The second kappa shape index (κ2) is 13.0. The van der Waals surface area contributed by atoms with Gasteiger partial charge in [0.2, 0.25) is 15.9 Å². The molecular formula is C25H26ClF2N5O5S2. The molecule has 2 unspecified atom stereocenters. The van der Waals surface area contributed by atoms with E-state index in [-0.39, 0.29) is 25.1 Å². The molecule has 40 heavy (non-hydrogen) atoms. The number of halogens is 3. The first-order chi connectivity index (χ1) is 19.1. The van der Waals surface area contributed by atoms with Gasteiger partial charge in [0.05, 0.1) is 16.6 Å². The van der Waals surface area contributed by atoms with Gasteiger partial charge in [0.15, 0.2) is 0 Å². The Kier molecular flexibility index (Phi) is 9.68. The van der Waals surface area contributed by atoms with E-state index in [0.29, 0.717) is 46.8 Å². The molecule has 2 atom stereocenters. The van der Waals surface area contributed by atoms with Gasteiger partial charge in [-0.05, 0) is 43.2 Å². The average Bonchev–Trinajstić information content (AvgIpc) is 3.69. The molecule has 2 saturated heterocycles. The molecule has 15 heteroatoms. The monoisotopic (exact) mass is 613 g/mol. The Morgan fingerprint density at radius 2 is 2.00 bits per heavy atom. The Morgan fingerprint density at radius 3 is 2.65 bits per heavy atom. The number of hydrogen-bond donors (Lipinski definition) is 2. The van der Waals surface area contributed by atoms with E-state index >= 15 is 4.39 Å². The predicted molar refractivity (Wildman–Crippen MR) is 148 cm³/mol. The Morgan fingerprint density at radius 1 is 1.23 bits per heavy atom. The fourth-order valence-corrected chi connectivity index (χ4v) is 6.59. The van der Waals surface area contributed by atoms with Gasteiger partial charge < -0.3 is 14.6 Å². The van der Waals surface area contributed by atoms with E-state index in [0.717, 1.165) is 5.41 Å². The molecule has 2 fully saturated rings. The average molecular weight is 614 g/mol. The third kappa shape index (κ3) is 7.31. The lowest BCUT2D eigenvalue weighted by molar-refractivity contribution is -0.123. The number of likely N-dealkylation sites (tertiary alicyclic amines) is 1. The normalized spacial score (nSPS) is 19.8. The third-order valence-corrected chi connectivity index (χ3v) is 8.62. The van der Waals surface area contributed by atoms with Crippen molar-refractivity contribution in [3.63, 3.8) is 0 Å². The largest absolute Gasteiger partial charge is 0.483 e. The van der Waals surface area contributed by atoms with Crippen LogP contribution in [0.15, 0.2) is 48.1 Å². The van der Waals surface area contributed by atoms with Crippen LogP contribution >= 0.6 is 22.9 Å². The number of carbonyl (C=O) groups excluding carboxylic acids is 1. The molecule has 0 radical (unpaired) electrons. The van der Waals surface area contributed by atoms with Gasteiger partial charge in [0.25, 0.3) is 6.47 Å². The number of hydrogen-bond acceptors (Lipinski definition) is 7. The summed E-state index contributed by atoms with van der Waals surface area (Å²) in [4.78, 5) is 29.5. The van der Waals surface area contributed by atoms with Crippen LogP contribution in [0.2, 0.25) is 4.34 Å². The zero-order valence-corrected chi connectivity index (χ0v) is 23.4. The van der Waals surface area contributed by atoms with Crippen molar-refractivity contribution in [2.24, 2.45) is 0 Å². The quantitative estimate of drug-likeness (QED) is 0.372. The highest BCUT2D eigenvalue weighted by Gasteiger charge is 2.36. The summed E-state index contributed by atoms with van der Waals surface area (Å²) in [5.74, 6) is -0.486. The second-order valence-corrected chi connectivity index (χ2v) is 12.4. The van der Waals surface area contributed by atoms with E-state index in [1.165, 1.54) is 34.4 Å². The van der Waals surface area contributed by atoms with Gasteiger partial charge in [-0.1, -0.05) is 11.6 Å². The number of sulfonamides is 1. The smallest absolute Gasteiger partial charge is 0.290 e. The molecule has 2 aliphatic heterocycles. The molecule has 5 rings (SSSR count). The van der Waals surface area contributed by atoms with Crippen LogP contribution < -0.4 is 9.62 Å². The molecule has 10 nitrogen and oxygen atoms in total. The first-order valence-electron chi connectivity index (χ1n) is 12.1. The molecule has 2 aromatic heterocycles. The highest BCUT2D eigenvalue weighted by atomic mass is 35.5. The van der Waals surface area contributed by atoms with Crippen LogP contribution in [0.4, 0.5) is 14.5 Å². The molecule has 1 aromatic carbocycles. The SMILES string of the molecule is O=C1C(NS(=O)(=O)/C=C/c2ccc(Cl)s2)CCN1c1ccc(-n2ccnc2CN2CCC(F)C2)cc1F.O=CO. The van der Waals surface area contributed by atoms with Gasteiger partial charge in [-0.15, -0.1) is 11.3 Å². The van der Waals surface area contributed by atoms with Crippen LogP contribution in [-0.4, -0.2) is 72.2 Å². The lowest BCUT2D eigenvalue weighted by atomic mass is 10.2. The van der Waals surface area contributed by atoms with Gasteiger partial charge in [-0.3, -0.25) is 14.5 Å². The van der Waals surface area contributed by atoms with Gasteiger partial charge in [-0.2, -0.15) is 4.72 Å². The number of nitrogens with one attached hydrogen (secondary N) is 1. The first kappa shape index (κ1) is 29.8.